The molecule has 0 aliphatic rings. The summed E-state index contributed by atoms with van der Waals surface area (Å²) in [5, 5.41) is 4.77. The minimum Gasteiger partial charge on any atom is -0.468 e. The van der Waals surface area contributed by atoms with Crippen LogP contribution in [0.25, 0.3) is 0 Å². The summed E-state index contributed by atoms with van der Waals surface area (Å²) in [6.45, 7) is 0.0372. The lowest BCUT2D eigenvalue weighted by atomic mass is 10.2. The highest BCUT2D eigenvalue weighted by Crippen LogP contribution is 2.27. The summed E-state index contributed by atoms with van der Waals surface area (Å²) in [6, 6.07) is 16.8. The third kappa shape index (κ3) is 5.65. The zero-order valence-corrected chi connectivity index (χ0v) is 19.2. The van der Waals surface area contributed by atoms with Gasteiger partial charge in [-0.05, 0) is 42.5 Å². The summed E-state index contributed by atoms with van der Waals surface area (Å²) in [7, 11) is -3.77. The average molecular weight is 486 g/mol. The largest absolute Gasteiger partial charge is 0.468 e. The van der Waals surface area contributed by atoms with E-state index < -0.39 is 10.0 Å². The van der Waals surface area contributed by atoms with E-state index in [9.17, 15) is 13.2 Å². The lowest BCUT2D eigenvalue weighted by Gasteiger charge is -2.11. The van der Waals surface area contributed by atoms with Gasteiger partial charge in [0, 0.05) is 21.7 Å². The zero-order chi connectivity index (χ0) is 22.4. The maximum atomic E-state index is 12.9. The van der Waals surface area contributed by atoms with E-state index in [1.165, 1.54) is 41.5 Å². The lowest BCUT2D eigenvalue weighted by molar-refractivity contribution is 0.102. The Hall–Kier alpha value is -2.92. The lowest BCUT2D eigenvalue weighted by Crippen LogP contribution is -2.23. The highest BCUT2D eigenvalue weighted by Gasteiger charge is 2.17. The normalized spacial score (nSPS) is 11.4. The predicted molar refractivity (Wildman–Crippen MR) is 125 cm³/mol. The second-order valence-corrected chi connectivity index (χ2v) is 10.2. The maximum absolute atomic E-state index is 12.9. The van der Waals surface area contributed by atoms with Crippen molar-refractivity contribution in [3.8, 4) is 0 Å². The number of anilines is 1. The van der Waals surface area contributed by atoms with Crippen molar-refractivity contribution in [2.45, 2.75) is 22.1 Å². The van der Waals surface area contributed by atoms with Crippen molar-refractivity contribution in [1.82, 2.24) is 9.71 Å². The van der Waals surface area contributed by atoms with E-state index in [0.717, 1.165) is 10.6 Å². The van der Waals surface area contributed by atoms with E-state index in [0.29, 0.717) is 22.8 Å². The molecule has 0 saturated heterocycles. The number of amides is 1. The van der Waals surface area contributed by atoms with Crippen molar-refractivity contribution in [3.63, 3.8) is 0 Å². The number of furan rings is 1. The van der Waals surface area contributed by atoms with E-state index in [-0.39, 0.29) is 17.3 Å². The Labute approximate surface area is 193 Å². The third-order valence-corrected chi connectivity index (χ3v) is 7.55. The third-order valence-electron chi connectivity index (χ3n) is 4.41. The molecule has 2 aromatic heterocycles. The molecule has 4 aromatic rings. The average Bonchev–Trinajstić information content (AvgIpc) is 3.51. The minimum atomic E-state index is -3.77. The molecule has 2 aromatic carbocycles. The highest BCUT2D eigenvalue weighted by atomic mass is 32.2. The quantitative estimate of drug-likeness (QED) is 0.332. The number of hydrogen-bond donors (Lipinski definition) is 2. The first-order chi connectivity index (χ1) is 15.5. The van der Waals surface area contributed by atoms with Gasteiger partial charge in [0.15, 0.2) is 0 Å². The molecule has 0 radical (unpaired) electrons. The number of benzene rings is 2. The van der Waals surface area contributed by atoms with Gasteiger partial charge in [-0.15, -0.1) is 23.1 Å². The van der Waals surface area contributed by atoms with E-state index >= 15 is 0 Å². The Balaban J connectivity index is 1.46. The molecule has 164 valence electrons. The van der Waals surface area contributed by atoms with E-state index in [4.69, 9.17) is 4.42 Å². The standard InChI is InChI=1S/C22H19N3O4S3/c26-22(20-8-1-2-9-21(20)31-14-17-13-30-15-23-17)25-16-5-3-7-19(11-16)32(27,28)24-12-18-6-4-10-29-18/h1-11,13,15,24H,12,14H2,(H,25,26). The Kier molecular flexibility index (Phi) is 7.05. The highest BCUT2D eigenvalue weighted by molar-refractivity contribution is 7.98. The number of thioether (sulfide) groups is 1. The first-order valence-corrected chi connectivity index (χ1v) is 12.9. The van der Waals surface area contributed by atoms with Crippen molar-refractivity contribution in [2.75, 3.05) is 5.32 Å². The molecule has 1 amide bonds. The molecule has 10 heteroatoms. The summed E-state index contributed by atoms with van der Waals surface area (Å²) in [5.41, 5.74) is 3.63. The minimum absolute atomic E-state index is 0.0372. The molecular formula is C22H19N3O4S3. The molecule has 0 unspecified atom stereocenters. The zero-order valence-electron chi connectivity index (χ0n) is 16.7. The van der Waals surface area contributed by atoms with Crippen LogP contribution >= 0.6 is 23.1 Å². The summed E-state index contributed by atoms with van der Waals surface area (Å²) in [6.07, 6.45) is 1.48. The Morgan fingerprint density at radius 2 is 1.97 bits per heavy atom. The number of rotatable bonds is 9. The van der Waals surface area contributed by atoms with E-state index in [1.807, 2.05) is 17.5 Å². The smallest absolute Gasteiger partial charge is 0.256 e. The van der Waals surface area contributed by atoms with E-state index in [2.05, 4.69) is 15.0 Å². The van der Waals surface area contributed by atoms with Crippen molar-refractivity contribution in [3.05, 3.63) is 94.8 Å². The molecule has 0 bridgehead atoms. The predicted octanol–water partition coefficient (Wildman–Crippen LogP) is 4.76. The molecule has 4 rings (SSSR count). The number of nitrogens with zero attached hydrogens (tertiary/aromatic N) is 1. The van der Waals surface area contributed by atoms with Crippen LogP contribution in [0.15, 0.2) is 92.0 Å². The molecule has 0 aliphatic carbocycles. The molecule has 0 fully saturated rings. The van der Waals surface area contributed by atoms with Crippen LogP contribution in [0.2, 0.25) is 0 Å². The monoisotopic (exact) mass is 485 g/mol. The van der Waals surface area contributed by atoms with Crippen molar-refractivity contribution in [2.24, 2.45) is 0 Å². The van der Waals surface area contributed by atoms with Gasteiger partial charge in [-0.2, -0.15) is 0 Å². The van der Waals surface area contributed by atoms with Crippen molar-refractivity contribution < 1.29 is 17.6 Å². The maximum Gasteiger partial charge on any atom is 0.256 e. The number of thiazole rings is 1. The van der Waals surface area contributed by atoms with Crippen LogP contribution in [0.4, 0.5) is 5.69 Å². The number of nitrogens with one attached hydrogen (secondary N) is 2. The van der Waals surface area contributed by atoms with Crippen molar-refractivity contribution >= 4 is 44.7 Å². The molecule has 2 heterocycles. The van der Waals surface area contributed by atoms with Gasteiger partial charge in [-0.1, -0.05) is 18.2 Å². The van der Waals surface area contributed by atoms with Crippen LogP contribution in [0.1, 0.15) is 21.8 Å². The second-order valence-electron chi connectivity index (χ2n) is 6.65. The van der Waals surface area contributed by atoms with Crippen LogP contribution in [-0.4, -0.2) is 19.3 Å². The molecule has 0 spiro atoms. The van der Waals surface area contributed by atoms with Gasteiger partial charge in [-0.3, -0.25) is 4.79 Å². The number of aromatic nitrogens is 1. The molecular weight excluding hydrogens is 466 g/mol. The van der Waals surface area contributed by atoms with Crippen LogP contribution in [0.3, 0.4) is 0 Å². The summed E-state index contributed by atoms with van der Waals surface area (Å²) in [4.78, 5) is 18.1. The topological polar surface area (TPSA) is 101 Å². The number of carbonyl (C=O) groups is 1. The number of carbonyl (C=O) groups excluding carboxylic acids is 1. The summed E-state index contributed by atoms with van der Waals surface area (Å²) in [5.74, 6) is 0.845. The number of sulfonamides is 1. The first kappa shape index (κ1) is 22.3. The van der Waals surface area contributed by atoms with Gasteiger partial charge in [0.05, 0.1) is 34.5 Å². The molecule has 0 saturated carbocycles. The molecule has 0 aliphatic heterocycles. The van der Waals surface area contributed by atoms with Gasteiger partial charge in [-0.25, -0.2) is 18.1 Å². The van der Waals surface area contributed by atoms with E-state index in [1.54, 1.807) is 41.9 Å². The number of hydrogen-bond acceptors (Lipinski definition) is 7. The fraction of sp³-hybridized carbons (Fsp3) is 0.0909. The van der Waals surface area contributed by atoms with Crippen LogP contribution in [-0.2, 0) is 22.3 Å². The summed E-state index contributed by atoms with van der Waals surface area (Å²) >= 11 is 3.05. The molecule has 32 heavy (non-hydrogen) atoms. The van der Waals surface area contributed by atoms with Crippen LogP contribution in [0, 0.1) is 0 Å². The second kappa shape index (κ2) is 10.1. The van der Waals surface area contributed by atoms with Gasteiger partial charge in [0.25, 0.3) is 5.91 Å². The fourth-order valence-electron chi connectivity index (χ4n) is 2.84. The fourth-order valence-corrected chi connectivity index (χ4v) is 5.50. The molecule has 2 N–H and O–H groups in total. The van der Waals surface area contributed by atoms with Crippen LogP contribution in [0.5, 0.6) is 0 Å². The SMILES string of the molecule is O=C(Nc1cccc(S(=O)(=O)NCc2ccco2)c1)c1ccccc1SCc1cscn1. The Morgan fingerprint density at radius 3 is 2.75 bits per heavy atom. The van der Waals surface area contributed by atoms with Gasteiger partial charge in [0.1, 0.15) is 5.76 Å². The van der Waals surface area contributed by atoms with Gasteiger partial charge >= 0.3 is 0 Å². The molecule has 7 nitrogen and oxygen atoms in total. The molecule has 0 atom stereocenters. The summed E-state index contributed by atoms with van der Waals surface area (Å²) < 4.78 is 32.9. The van der Waals surface area contributed by atoms with Crippen LogP contribution < -0.4 is 10.0 Å². The Morgan fingerprint density at radius 1 is 1.09 bits per heavy atom. The van der Waals surface area contributed by atoms with Gasteiger partial charge in [0.2, 0.25) is 10.0 Å². The first-order valence-electron chi connectivity index (χ1n) is 9.53. The Bertz CT molecular complexity index is 1290. The van der Waals surface area contributed by atoms with Gasteiger partial charge < -0.3 is 9.73 Å². The van der Waals surface area contributed by atoms with Crippen molar-refractivity contribution in [1.29, 1.82) is 0 Å².